The van der Waals surface area contributed by atoms with E-state index >= 15 is 0 Å². The normalized spacial score (nSPS) is 14.6. The topological polar surface area (TPSA) is 58.9 Å². The number of hydrogen-bond donors (Lipinski definition) is 1. The van der Waals surface area contributed by atoms with E-state index in [1.807, 2.05) is 24.3 Å². The van der Waals surface area contributed by atoms with E-state index in [0.29, 0.717) is 23.6 Å². The first-order valence-electron chi connectivity index (χ1n) is 12.3. The molecule has 0 bridgehead atoms. The van der Waals surface area contributed by atoms with Gasteiger partial charge in [0.05, 0.1) is 5.69 Å². The summed E-state index contributed by atoms with van der Waals surface area (Å²) in [6.07, 6.45) is -1.67. The molecule has 10 heteroatoms. The third kappa shape index (κ3) is 5.74. The van der Waals surface area contributed by atoms with E-state index in [4.69, 9.17) is 0 Å². The number of aromatic nitrogens is 2. The average Bonchev–Trinajstić information content (AvgIpc) is 3.22. The molecule has 1 saturated heterocycles. The van der Waals surface area contributed by atoms with Gasteiger partial charge in [0.2, 0.25) is 0 Å². The molecule has 2 aromatic carbocycles. The van der Waals surface area contributed by atoms with Gasteiger partial charge in [0.1, 0.15) is 22.9 Å². The number of hydrogen-bond acceptors (Lipinski definition) is 4. The molecule has 0 saturated carbocycles. The quantitative estimate of drug-likeness (QED) is 0.314. The van der Waals surface area contributed by atoms with Crippen LogP contribution in [0.25, 0.3) is 5.65 Å². The molecule has 0 radical (unpaired) electrons. The predicted molar refractivity (Wildman–Crippen MR) is 135 cm³/mol. The molecule has 1 fully saturated rings. The lowest BCUT2D eigenvalue weighted by molar-refractivity contribution is -0.274. The smallest absolute Gasteiger partial charge is 0.406 e. The highest BCUT2D eigenvalue weighted by Gasteiger charge is 2.31. The average molecular weight is 527 g/mol. The number of benzene rings is 2. The number of anilines is 1. The van der Waals surface area contributed by atoms with Crippen LogP contribution in [0.3, 0.4) is 0 Å². The molecule has 0 aliphatic carbocycles. The Labute approximate surface area is 216 Å². The van der Waals surface area contributed by atoms with Crippen LogP contribution in [0.5, 0.6) is 5.75 Å². The van der Waals surface area contributed by atoms with Crippen molar-refractivity contribution in [2.75, 3.05) is 18.0 Å². The number of carbonyl (C=O) groups excluding carboxylic acids is 1. The highest BCUT2D eigenvalue weighted by atomic mass is 19.4. The van der Waals surface area contributed by atoms with E-state index in [-0.39, 0.29) is 17.6 Å². The Hall–Kier alpha value is -4.08. The monoisotopic (exact) mass is 526 g/mol. The number of aryl methyl sites for hydroxylation is 1. The Bertz CT molecular complexity index is 1420. The van der Waals surface area contributed by atoms with E-state index < -0.39 is 12.2 Å². The third-order valence-corrected chi connectivity index (χ3v) is 6.81. The Kier molecular flexibility index (Phi) is 6.96. The fourth-order valence-corrected chi connectivity index (χ4v) is 4.91. The summed E-state index contributed by atoms with van der Waals surface area (Å²) in [5.74, 6) is -0.712. The molecule has 0 atom stereocenters. The molecule has 1 aliphatic rings. The molecule has 38 heavy (non-hydrogen) atoms. The van der Waals surface area contributed by atoms with Crippen LogP contribution in [0.15, 0.2) is 66.9 Å². The molecule has 1 amide bonds. The summed E-state index contributed by atoms with van der Waals surface area (Å²) < 4.78 is 56.2. The maximum atomic E-state index is 13.7. The molecule has 0 spiro atoms. The van der Waals surface area contributed by atoms with E-state index in [2.05, 4.69) is 19.9 Å². The molecule has 3 heterocycles. The van der Waals surface area contributed by atoms with Crippen LogP contribution in [0.1, 0.15) is 46.1 Å². The second kappa shape index (κ2) is 10.4. The maximum absolute atomic E-state index is 13.7. The summed E-state index contributed by atoms with van der Waals surface area (Å²) in [6, 6.07) is 16.9. The summed E-state index contributed by atoms with van der Waals surface area (Å²) in [5.41, 5.74) is 4.35. The van der Waals surface area contributed by atoms with Crippen LogP contribution in [0.4, 0.5) is 23.2 Å². The van der Waals surface area contributed by atoms with Gasteiger partial charge in [0.25, 0.3) is 5.91 Å². The first-order valence-corrected chi connectivity index (χ1v) is 12.3. The number of rotatable bonds is 6. The van der Waals surface area contributed by atoms with Gasteiger partial charge >= 0.3 is 6.36 Å². The van der Waals surface area contributed by atoms with Gasteiger partial charge in [0, 0.05) is 31.5 Å². The first kappa shape index (κ1) is 25.6. The van der Waals surface area contributed by atoms with E-state index in [9.17, 15) is 22.4 Å². The van der Waals surface area contributed by atoms with Crippen molar-refractivity contribution in [2.45, 2.75) is 38.6 Å². The van der Waals surface area contributed by atoms with Crippen LogP contribution < -0.4 is 15.0 Å². The lowest BCUT2D eigenvalue weighted by atomic mass is 9.89. The minimum Gasteiger partial charge on any atom is -0.406 e. The van der Waals surface area contributed by atoms with Crippen LogP contribution in [-0.4, -0.2) is 34.7 Å². The lowest BCUT2D eigenvalue weighted by Gasteiger charge is -2.34. The molecule has 6 nitrogen and oxygen atoms in total. The number of nitrogens with one attached hydrogen (secondary N) is 1. The molecule has 1 aliphatic heterocycles. The van der Waals surface area contributed by atoms with Gasteiger partial charge in [-0.1, -0.05) is 24.3 Å². The van der Waals surface area contributed by atoms with Gasteiger partial charge in [-0.2, -0.15) is 0 Å². The fourth-order valence-electron chi connectivity index (χ4n) is 4.91. The second-order valence-corrected chi connectivity index (χ2v) is 9.35. The number of amides is 1. The molecule has 5 rings (SSSR count). The summed E-state index contributed by atoms with van der Waals surface area (Å²) in [6.45, 7) is 3.68. The van der Waals surface area contributed by atoms with Crippen molar-refractivity contribution in [3.05, 3.63) is 95.2 Å². The van der Waals surface area contributed by atoms with Gasteiger partial charge in [-0.3, -0.25) is 9.20 Å². The zero-order valence-electron chi connectivity index (χ0n) is 20.6. The zero-order chi connectivity index (χ0) is 26.9. The third-order valence-electron chi connectivity index (χ3n) is 6.81. The van der Waals surface area contributed by atoms with E-state index in [1.54, 1.807) is 19.1 Å². The number of halogens is 4. The Morgan fingerprint density at radius 2 is 1.71 bits per heavy atom. The van der Waals surface area contributed by atoms with Crippen molar-refractivity contribution < 1.29 is 27.1 Å². The molecular weight excluding hydrogens is 500 g/mol. The molecule has 0 unspecified atom stereocenters. The van der Waals surface area contributed by atoms with Gasteiger partial charge < -0.3 is 15.0 Å². The summed E-state index contributed by atoms with van der Waals surface area (Å²) in [7, 11) is 0. The zero-order valence-corrected chi connectivity index (χ0v) is 20.6. The Balaban J connectivity index is 1.15. The van der Waals surface area contributed by atoms with E-state index in [1.165, 1.54) is 34.9 Å². The molecule has 198 valence electrons. The fraction of sp³-hybridized carbons (Fsp3) is 0.286. The van der Waals surface area contributed by atoms with Crippen LogP contribution in [-0.2, 0) is 6.54 Å². The molecule has 4 aromatic rings. The van der Waals surface area contributed by atoms with Gasteiger partial charge in [0.15, 0.2) is 0 Å². The van der Waals surface area contributed by atoms with Crippen LogP contribution >= 0.6 is 0 Å². The first-order chi connectivity index (χ1) is 18.2. The standard InChI is InChI=1S/C28H26F4N4O2/c1-18-26(36-17-22(29)6-11-25(36)34-18)27(37)33-16-19-2-7-23(8-3-19)35-14-12-21(13-15-35)20-4-9-24(10-5-20)38-28(30,31)32/h2-11,17,21H,12-16H2,1H3,(H,33,37). The minimum atomic E-state index is -4.69. The highest BCUT2D eigenvalue weighted by molar-refractivity contribution is 5.94. The lowest BCUT2D eigenvalue weighted by Crippen LogP contribution is -2.32. The SMILES string of the molecule is Cc1nc2ccc(F)cn2c1C(=O)NCc1ccc(N2CCC(c3ccc(OC(F)(F)F)cc3)CC2)cc1. The van der Waals surface area contributed by atoms with Crippen molar-refractivity contribution in [3.8, 4) is 5.75 Å². The van der Waals surface area contributed by atoms with E-state index in [0.717, 1.165) is 42.7 Å². The number of fused-ring (bicyclic) bond motifs is 1. The summed E-state index contributed by atoms with van der Waals surface area (Å²) in [5, 5.41) is 2.89. The molecule has 1 N–H and O–H groups in total. The second-order valence-electron chi connectivity index (χ2n) is 9.35. The van der Waals surface area contributed by atoms with Crippen LogP contribution in [0, 0.1) is 12.7 Å². The van der Waals surface area contributed by atoms with Gasteiger partial charge in [-0.15, -0.1) is 13.2 Å². The van der Waals surface area contributed by atoms with Crippen molar-refractivity contribution in [2.24, 2.45) is 0 Å². The number of pyridine rings is 1. The number of ether oxygens (including phenoxy) is 1. The number of piperidine rings is 1. The van der Waals surface area contributed by atoms with Crippen molar-refractivity contribution in [1.29, 1.82) is 0 Å². The summed E-state index contributed by atoms with van der Waals surface area (Å²) >= 11 is 0. The molecule has 2 aromatic heterocycles. The van der Waals surface area contributed by atoms with Crippen molar-refractivity contribution >= 4 is 17.2 Å². The summed E-state index contributed by atoms with van der Waals surface area (Å²) in [4.78, 5) is 19.4. The number of alkyl halides is 3. The molecular formula is C28H26F4N4O2. The van der Waals surface area contributed by atoms with Crippen molar-refractivity contribution in [1.82, 2.24) is 14.7 Å². The van der Waals surface area contributed by atoms with Crippen molar-refractivity contribution in [3.63, 3.8) is 0 Å². The van der Waals surface area contributed by atoms with Gasteiger partial charge in [-0.25, -0.2) is 9.37 Å². The Morgan fingerprint density at radius 3 is 2.37 bits per heavy atom. The minimum absolute atomic E-state index is 0.211. The van der Waals surface area contributed by atoms with Crippen LogP contribution in [0.2, 0.25) is 0 Å². The maximum Gasteiger partial charge on any atom is 0.573 e. The largest absolute Gasteiger partial charge is 0.573 e. The van der Waals surface area contributed by atoms with Gasteiger partial charge in [-0.05, 0) is 73.2 Å². The number of imidazole rings is 1. The predicted octanol–water partition coefficient (Wildman–Crippen LogP) is 5.99. The highest BCUT2D eigenvalue weighted by Crippen LogP contribution is 2.32. The number of nitrogens with zero attached hydrogens (tertiary/aromatic N) is 3. The number of carbonyl (C=O) groups is 1. The Morgan fingerprint density at radius 1 is 1.03 bits per heavy atom.